The Labute approximate surface area is 370 Å². The van der Waals surface area contributed by atoms with E-state index in [1.54, 1.807) is 0 Å². The third-order valence-electron chi connectivity index (χ3n) is 14.5. The summed E-state index contributed by atoms with van der Waals surface area (Å²) >= 11 is 0. The molecule has 0 fully saturated rings. The molecule has 0 aromatic heterocycles. The minimum absolute atomic E-state index is 0.444. The predicted molar refractivity (Wildman–Crippen MR) is 262 cm³/mol. The standard InChI is InChI=1S/C59H35N2O2P/c62-64-56-49-25-13-26-50(56)61(40-17-5-2-6-18-40)52-34-38(35-54(58(52)64)63-53-28-14-27-51(57(53)64)60(49)39-15-3-1-4-16-39)36-29-31-41-37(33-36)30-32-45-44-21-9-12-24-48(44)59(55(41)45)46-22-10-7-19-42(46)43-20-8-11-23-47(43)59/h1-35H. The predicted octanol–water partition coefficient (Wildman–Crippen LogP) is 14.2. The molecule has 0 bridgehead atoms. The number of para-hydroxylation sites is 2. The molecule has 298 valence electrons. The van der Waals surface area contributed by atoms with Crippen LogP contribution in [0.3, 0.4) is 0 Å². The Morgan fingerprint density at radius 1 is 0.391 bits per heavy atom. The van der Waals surface area contributed by atoms with Crippen LogP contribution in [0, 0.1) is 0 Å². The molecule has 3 aliphatic heterocycles. The summed E-state index contributed by atoms with van der Waals surface area (Å²) in [6.45, 7) is 0. The zero-order valence-electron chi connectivity index (χ0n) is 34.4. The minimum atomic E-state index is -3.47. The fourth-order valence-corrected chi connectivity index (χ4v) is 15.7. The Hall–Kier alpha value is -7.91. The summed E-state index contributed by atoms with van der Waals surface area (Å²) < 4.78 is 23.8. The first-order valence-electron chi connectivity index (χ1n) is 21.9. The van der Waals surface area contributed by atoms with E-state index in [0.717, 1.165) is 61.2 Å². The van der Waals surface area contributed by atoms with Crippen molar-refractivity contribution in [3.63, 3.8) is 0 Å². The quantitative estimate of drug-likeness (QED) is 0.166. The minimum Gasteiger partial charge on any atom is -0.456 e. The second-order valence-electron chi connectivity index (χ2n) is 17.5. The molecule has 1 unspecified atom stereocenters. The summed E-state index contributed by atoms with van der Waals surface area (Å²) in [6, 6.07) is 76.2. The van der Waals surface area contributed by atoms with Crippen molar-refractivity contribution in [2.75, 3.05) is 9.80 Å². The molecule has 15 rings (SSSR count). The molecule has 0 saturated heterocycles. The second-order valence-corrected chi connectivity index (χ2v) is 20.0. The Bertz CT molecular complexity index is 3700. The van der Waals surface area contributed by atoms with Gasteiger partial charge in [0, 0.05) is 11.4 Å². The SMILES string of the molecule is O=P12c3c4cccc3N(c3ccccc3)c3cccc(c31)N(c1ccccc1)c1cc(-c3ccc5c6c(ccc5c3)-c3ccccc3C63c5ccccc5-c5ccccc53)cc(c12)O4. The second kappa shape index (κ2) is 12.2. The van der Waals surface area contributed by atoms with E-state index >= 15 is 4.57 Å². The monoisotopic (exact) mass is 834 g/mol. The Morgan fingerprint density at radius 2 is 0.922 bits per heavy atom. The zero-order valence-corrected chi connectivity index (χ0v) is 35.3. The van der Waals surface area contributed by atoms with E-state index in [4.69, 9.17) is 4.74 Å². The molecule has 10 aromatic carbocycles. The average Bonchev–Trinajstić information content (AvgIpc) is 3.82. The van der Waals surface area contributed by atoms with Crippen LogP contribution in [-0.2, 0) is 9.98 Å². The van der Waals surface area contributed by atoms with Gasteiger partial charge >= 0.3 is 0 Å². The Morgan fingerprint density at radius 3 is 1.56 bits per heavy atom. The molecule has 0 radical (unpaired) electrons. The van der Waals surface area contributed by atoms with Crippen LogP contribution in [0.4, 0.5) is 34.1 Å². The molecular weight excluding hydrogens is 800 g/mol. The number of rotatable bonds is 3. The number of hydrogen-bond donors (Lipinski definition) is 0. The molecule has 5 heteroatoms. The van der Waals surface area contributed by atoms with E-state index in [1.807, 2.05) is 24.3 Å². The third-order valence-corrected chi connectivity index (χ3v) is 17.7. The molecule has 64 heavy (non-hydrogen) atoms. The number of hydrogen-bond acceptors (Lipinski definition) is 4. The van der Waals surface area contributed by atoms with Gasteiger partial charge < -0.3 is 19.1 Å². The van der Waals surface area contributed by atoms with Gasteiger partial charge in [-0.15, -0.1) is 0 Å². The van der Waals surface area contributed by atoms with Crippen LogP contribution in [0.1, 0.15) is 22.3 Å². The van der Waals surface area contributed by atoms with Gasteiger partial charge in [-0.05, 0) is 133 Å². The smallest absolute Gasteiger partial charge is 0.186 e. The van der Waals surface area contributed by atoms with E-state index in [1.165, 1.54) is 55.3 Å². The molecule has 4 nitrogen and oxygen atoms in total. The molecule has 0 amide bonds. The first kappa shape index (κ1) is 34.7. The Balaban J connectivity index is 0.975. The molecule has 5 aliphatic rings. The van der Waals surface area contributed by atoms with Crippen LogP contribution in [0.2, 0.25) is 0 Å². The van der Waals surface area contributed by atoms with Crippen molar-refractivity contribution < 1.29 is 9.30 Å². The van der Waals surface area contributed by atoms with Crippen molar-refractivity contribution in [2.45, 2.75) is 5.41 Å². The lowest BCUT2D eigenvalue weighted by atomic mass is 9.69. The van der Waals surface area contributed by atoms with Crippen LogP contribution in [0.15, 0.2) is 212 Å². The van der Waals surface area contributed by atoms with E-state index in [9.17, 15) is 0 Å². The van der Waals surface area contributed by atoms with Gasteiger partial charge in [-0.1, -0.05) is 146 Å². The fraction of sp³-hybridized carbons (Fsp3) is 0.0169. The molecule has 1 spiro atoms. The zero-order chi connectivity index (χ0) is 41.9. The van der Waals surface area contributed by atoms with Gasteiger partial charge in [0.2, 0.25) is 0 Å². The highest BCUT2D eigenvalue weighted by Gasteiger charge is 2.55. The van der Waals surface area contributed by atoms with Crippen LogP contribution in [0.25, 0.3) is 44.2 Å². The van der Waals surface area contributed by atoms with Crippen molar-refractivity contribution in [3.8, 4) is 44.9 Å². The van der Waals surface area contributed by atoms with Crippen molar-refractivity contribution in [1.29, 1.82) is 0 Å². The summed E-state index contributed by atoms with van der Waals surface area (Å²) in [5.41, 5.74) is 17.8. The maximum absolute atomic E-state index is 16.7. The van der Waals surface area contributed by atoms with E-state index in [-0.39, 0.29) is 0 Å². The molecule has 0 saturated carbocycles. The topological polar surface area (TPSA) is 32.8 Å². The van der Waals surface area contributed by atoms with Crippen molar-refractivity contribution >= 4 is 68.0 Å². The maximum atomic E-state index is 16.7. The number of nitrogens with zero attached hydrogens (tertiary/aromatic N) is 2. The highest BCUT2D eigenvalue weighted by Crippen LogP contribution is 2.67. The number of benzene rings is 10. The van der Waals surface area contributed by atoms with Gasteiger partial charge in [0.1, 0.15) is 11.5 Å². The summed E-state index contributed by atoms with van der Waals surface area (Å²) in [5.74, 6) is 1.28. The van der Waals surface area contributed by atoms with Crippen LogP contribution in [0.5, 0.6) is 11.5 Å². The Kier molecular flexibility index (Phi) is 6.59. The van der Waals surface area contributed by atoms with Gasteiger partial charge in [-0.3, -0.25) is 0 Å². The van der Waals surface area contributed by atoms with E-state index in [0.29, 0.717) is 11.5 Å². The van der Waals surface area contributed by atoms with E-state index in [2.05, 4.69) is 198 Å². The summed E-state index contributed by atoms with van der Waals surface area (Å²) in [6.07, 6.45) is 0. The molecule has 2 aliphatic carbocycles. The highest BCUT2D eigenvalue weighted by molar-refractivity contribution is 7.87. The van der Waals surface area contributed by atoms with Gasteiger partial charge in [-0.25, -0.2) is 0 Å². The van der Waals surface area contributed by atoms with Gasteiger partial charge in [0.25, 0.3) is 0 Å². The number of fused-ring (bicyclic) bond motifs is 12. The fourth-order valence-electron chi connectivity index (χ4n) is 12.2. The lowest BCUT2D eigenvalue weighted by Gasteiger charge is -2.47. The number of anilines is 6. The molecular formula is C59H35N2O2P. The normalized spacial score (nSPS) is 16.8. The molecule has 10 aromatic rings. The summed E-state index contributed by atoms with van der Waals surface area (Å²) in [5, 5.41) is 4.77. The highest BCUT2D eigenvalue weighted by atomic mass is 31.2. The first-order valence-corrected chi connectivity index (χ1v) is 23.7. The third kappa shape index (κ3) is 4.09. The molecule has 0 N–H and O–H groups in total. The lowest BCUT2D eigenvalue weighted by molar-refractivity contribution is 0.485. The van der Waals surface area contributed by atoms with Crippen molar-refractivity contribution in [2.24, 2.45) is 0 Å². The largest absolute Gasteiger partial charge is 0.456 e. The summed E-state index contributed by atoms with van der Waals surface area (Å²) in [7, 11) is -3.47. The average molecular weight is 835 g/mol. The van der Waals surface area contributed by atoms with Crippen LogP contribution < -0.4 is 30.5 Å². The van der Waals surface area contributed by atoms with Crippen molar-refractivity contribution in [3.05, 3.63) is 235 Å². The van der Waals surface area contributed by atoms with Crippen LogP contribution >= 0.6 is 7.14 Å². The molecule has 3 heterocycles. The van der Waals surface area contributed by atoms with Gasteiger partial charge in [0.15, 0.2) is 7.14 Å². The lowest BCUT2D eigenvalue weighted by Crippen LogP contribution is -2.45. The van der Waals surface area contributed by atoms with E-state index < -0.39 is 12.6 Å². The number of ether oxygens (including phenoxy) is 1. The summed E-state index contributed by atoms with van der Waals surface area (Å²) in [4.78, 5) is 4.55. The maximum Gasteiger partial charge on any atom is 0.186 e. The van der Waals surface area contributed by atoms with Crippen molar-refractivity contribution in [1.82, 2.24) is 0 Å². The molecule has 1 atom stereocenters. The van der Waals surface area contributed by atoms with Gasteiger partial charge in [0.05, 0.1) is 44.1 Å². The van der Waals surface area contributed by atoms with Gasteiger partial charge in [-0.2, -0.15) is 0 Å². The first-order chi connectivity index (χ1) is 31.6. The van der Waals surface area contributed by atoms with Crippen LogP contribution in [-0.4, -0.2) is 0 Å².